The topological polar surface area (TPSA) is 68.1 Å². The Kier molecular flexibility index (Phi) is 4.25. The smallest absolute Gasteiger partial charge is 0.406 e. The molecule has 10 heteroatoms. The first-order valence-electron chi connectivity index (χ1n) is 8.46. The number of fused-ring (bicyclic) bond motifs is 1. The summed E-state index contributed by atoms with van der Waals surface area (Å²) >= 11 is 0. The highest BCUT2D eigenvalue weighted by molar-refractivity contribution is 5.89. The Bertz CT molecular complexity index is 948. The molecule has 0 aliphatic carbocycles. The van der Waals surface area contributed by atoms with E-state index < -0.39 is 6.36 Å². The lowest BCUT2D eigenvalue weighted by Gasteiger charge is -2.17. The van der Waals surface area contributed by atoms with Crippen LogP contribution in [0.5, 0.6) is 5.75 Å². The highest BCUT2D eigenvalue weighted by atomic mass is 19.4. The van der Waals surface area contributed by atoms with E-state index in [0.29, 0.717) is 23.1 Å². The average Bonchev–Trinajstić information content (AvgIpc) is 3.26. The van der Waals surface area contributed by atoms with Gasteiger partial charge in [-0.05, 0) is 37.1 Å². The van der Waals surface area contributed by atoms with Gasteiger partial charge in [-0.1, -0.05) is 0 Å². The molecular formula is C17H17F3N6O. The van der Waals surface area contributed by atoms with Gasteiger partial charge in [0, 0.05) is 25.8 Å². The Morgan fingerprint density at radius 2 is 1.78 bits per heavy atom. The fourth-order valence-corrected chi connectivity index (χ4v) is 3.04. The largest absolute Gasteiger partial charge is 0.573 e. The van der Waals surface area contributed by atoms with E-state index in [0.717, 1.165) is 31.3 Å². The fourth-order valence-electron chi connectivity index (χ4n) is 3.04. The molecule has 0 unspecified atom stereocenters. The van der Waals surface area contributed by atoms with Crippen molar-refractivity contribution < 1.29 is 17.9 Å². The zero-order valence-electron chi connectivity index (χ0n) is 14.5. The Morgan fingerprint density at radius 3 is 2.44 bits per heavy atom. The molecule has 4 rings (SSSR count). The van der Waals surface area contributed by atoms with Crippen LogP contribution >= 0.6 is 0 Å². The van der Waals surface area contributed by atoms with E-state index in [9.17, 15) is 13.2 Å². The van der Waals surface area contributed by atoms with Gasteiger partial charge < -0.3 is 15.0 Å². The minimum atomic E-state index is -4.71. The maximum atomic E-state index is 12.3. The fraction of sp³-hybridized carbons (Fsp3) is 0.353. The summed E-state index contributed by atoms with van der Waals surface area (Å²) in [6, 6.07) is 5.50. The first-order valence-corrected chi connectivity index (χ1v) is 8.46. The number of nitrogens with zero attached hydrogens (tertiary/aromatic N) is 5. The zero-order valence-corrected chi connectivity index (χ0v) is 14.5. The Morgan fingerprint density at radius 1 is 1.07 bits per heavy atom. The van der Waals surface area contributed by atoms with Crippen molar-refractivity contribution in [2.75, 3.05) is 23.3 Å². The van der Waals surface area contributed by atoms with Crippen LogP contribution in [-0.2, 0) is 7.05 Å². The van der Waals surface area contributed by atoms with Gasteiger partial charge in [-0.3, -0.25) is 4.68 Å². The molecule has 3 heterocycles. The number of nitrogens with one attached hydrogen (secondary N) is 1. The van der Waals surface area contributed by atoms with Gasteiger partial charge in [-0.15, -0.1) is 13.2 Å². The van der Waals surface area contributed by atoms with Crippen LogP contribution in [-0.4, -0.2) is 39.2 Å². The average molecular weight is 378 g/mol. The predicted octanol–water partition coefficient (Wildman–Crippen LogP) is 3.61. The van der Waals surface area contributed by atoms with Crippen LogP contribution in [0.1, 0.15) is 12.8 Å². The molecule has 0 amide bonds. The van der Waals surface area contributed by atoms with Gasteiger partial charge in [-0.2, -0.15) is 15.1 Å². The summed E-state index contributed by atoms with van der Waals surface area (Å²) < 4.78 is 42.4. The van der Waals surface area contributed by atoms with E-state index in [1.54, 1.807) is 17.9 Å². The van der Waals surface area contributed by atoms with E-state index in [-0.39, 0.29) is 5.75 Å². The number of anilines is 3. The number of hydrogen-bond donors (Lipinski definition) is 1. The molecule has 1 fully saturated rings. The molecule has 1 aromatic carbocycles. The van der Waals surface area contributed by atoms with Crippen LogP contribution in [0.25, 0.3) is 11.0 Å². The Hall–Kier alpha value is -3.04. The lowest BCUT2D eigenvalue weighted by Crippen LogP contribution is -2.21. The molecule has 1 aliphatic heterocycles. The Balaban J connectivity index is 1.64. The molecule has 0 bridgehead atoms. The van der Waals surface area contributed by atoms with Crippen LogP contribution in [0, 0.1) is 0 Å². The molecule has 0 spiro atoms. The number of rotatable bonds is 4. The van der Waals surface area contributed by atoms with Gasteiger partial charge in [0.1, 0.15) is 11.6 Å². The highest BCUT2D eigenvalue weighted by Gasteiger charge is 2.31. The summed E-state index contributed by atoms with van der Waals surface area (Å²) in [7, 11) is 1.80. The molecule has 27 heavy (non-hydrogen) atoms. The minimum Gasteiger partial charge on any atom is -0.406 e. The number of aryl methyl sites for hydroxylation is 1. The van der Waals surface area contributed by atoms with E-state index in [1.165, 1.54) is 24.3 Å². The second kappa shape index (κ2) is 6.60. The molecule has 1 N–H and O–H groups in total. The van der Waals surface area contributed by atoms with E-state index in [1.807, 2.05) is 0 Å². The van der Waals surface area contributed by atoms with Crippen LogP contribution in [0.15, 0.2) is 30.5 Å². The van der Waals surface area contributed by atoms with Gasteiger partial charge in [-0.25, -0.2) is 0 Å². The third kappa shape index (κ3) is 3.74. The van der Waals surface area contributed by atoms with Crippen molar-refractivity contribution in [3.63, 3.8) is 0 Å². The summed E-state index contributed by atoms with van der Waals surface area (Å²) in [6.07, 6.45) is -0.868. The van der Waals surface area contributed by atoms with Gasteiger partial charge in [0.25, 0.3) is 0 Å². The summed E-state index contributed by atoms with van der Waals surface area (Å²) in [6.45, 7) is 1.79. The van der Waals surface area contributed by atoms with Gasteiger partial charge in [0.05, 0.1) is 11.6 Å². The minimum absolute atomic E-state index is 0.278. The number of aromatic nitrogens is 4. The monoisotopic (exact) mass is 378 g/mol. The normalized spacial score (nSPS) is 14.7. The van der Waals surface area contributed by atoms with Crippen molar-refractivity contribution in [3.05, 3.63) is 30.5 Å². The summed E-state index contributed by atoms with van der Waals surface area (Å²) in [4.78, 5) is 11.3. The van der Waals surface area contributed by atoms with Crippen molar-refractivity contribution in [3.8, 4) is 5.75 Å². The molecule has 142 valence electrons. The second-order valence-electron chi connectivity index (χ2n) is 6.27. The molecular weight excluding hydrogens is 361 g/mol. The van der Waals surface area contributed by atoms with Crippen LogP contribution in [0.4, 0.5) is 30.6 Å². The van der Waals surface area contributed by atoms with Crippen LogP contribution in [0.2, 0.25) is 0 Å². The molecule has 3 aromatic rings. The molecule has 2 aromatic heterocycles. The number of halogens is 3. The lowest BCUT2D eigenvalue weighted by atomic mass is 10.3. The first kappa shape index (κ1) is 17.4. The Labute approximate surface area is 152 Å². The predicted molar refractivity (Wildman–Crippen MR) is 94.2 cm³/mol. The zero-order chi connectivity index (χ0) is 19.0. The maximum absolute atomic E-state index is 12.3. The summed E-state index contributed by atoms with van der Waals surface area (Å²) in [5, 5.41) is 8.11. The highest BCUT2D eigenvalue weighted by Crippen LogP contribution is 2.29. The lowest BCUT2D eigenvalue weighted by molar-refractivity contribution is -0.274. The van der Waals surface area contributed by atoms with Crippen molar-refractivity contribution in [2.24, 2.45) is 7.05 Å². The third-order valence-electron chi connectivity index (χ3n) is 4.32. The number of benzene rings is 1. The third-order valence-corrected chi connectivity index (χ3v) is 4.32. The maximum Gasteiger partial charge on any atom is 0.573 e. The summed E-state index contributed by atoms with van der Waals surface area (Å²) in [5.41, 5.74) is 1.27. The standard InChI is InChI=1S/C17H17F3N6O/c1-25-15-13(10-21-25)14(23-16(24-15)26-8-2-3-9-26)22-11-4-6-12(7-5-11)27-17(18,19)20/h4-7,10H,2-3,8-9H2,1H3,(H,22,23,24). The molecule has 7 nitrogen and oxygen atoms in total. The number of alkyl halides is 3. The second-order valence-corrected chi connectivity index (χ2v) is 6.27. The molecule has 1 aliphatic rings. The first-order chi connectivity index (χ1) is 12.9. The van der Waals surface area contributed by atoms with Gasteiger partial charge in [0.2, 0.25) is 5.95 Å². The number of hydrogen-bond acceptors (Lipinski definition) is 6. The van der Waals surface area contributed by atoms with Crippen molar-refractivity contribution in [1.82, 2.24) is 19.7 Å². The van der Waals surface area contributed by atoms with Gasteiger partial charge >= 0.3 is 6.36 Å². The van der Waals surface area contributed by atoms with Crippen LogP contribution < -0.4 is 15.0 Å². The van der Waals surface area contributed by atoms with Crippen molar-refractivity contribution in [1.29, 1.82) is 0 Å². The molecule has 1 saturated heterocycles. The van der Waals surface area contributed by atoms with E-state index >= 15 is 0 Å². The number of ether oxygens (including phenoxy) is 1. The van der Waals surface area contributed by atoms with Crippen LogP contribution in [0.3, 0.4) is 0 Å². The SMILES string of the molecule is Cn1ncc2c(Nc3ccc(OC(F)(F)F)cc3)nc(N3CCCC3)nc21. The van der Waals surface area contributed by atoms with Crippen molar-refractivity contribution in [2.45, 2.75) is 19.2 Å². The molecule has 0 radical (unpaired) electrons. The van der Waals surface area contributed by atoms with Crippen molar-refractivity contribution >= 4 is 28.5 Å². The van der Waals surface area contributed by atoms with E-state index in [4.69, 9.17) is 0 Å². The quantitative estimate of drug-likeness (QED) is 0.748. The molecule has 0 atom stereocenters. The van der Waals surface area contributed by atoms with Gasteiger partial charge in [0.15, 0.2) is 5.65 Å². The summed E-state index contributed by atoms with van der Waals surface area (Å²) in [5.74, 6) is 0.891. The molecule has 0 saturated carbocycles. The van der Waals surface area contributed by atoms with E-state index in [2.05, 4.69) is 30.0 Å².